The summed E-state index contributed by atoms with van der Waals surface area (Å²) in [4.78, 5) is 32.6. The quantitative estimate of drug-likeness (QED) is 0.688. The summed E-state index contributed by atoms with van der Waals surface area (Å²) in [6.45, 7) is 6.18. The van der Waals surface area contributed by atoms with Crippen molar-refractivity contribution < 1.29 is 14.3 Å². The molecule has 0 aromatic heterocycles. The van der Waals surface area contributed by atoms with Crippen LogP contribution in [0.5, 0.6) is 5.75 Å². The Labute approximate surface area is 181 Å². The smallest absolute Gasteiger partial charge is 0.282 e. The number of anilines is 1. The van der Waals surface area contributed by atoms with Gasteiger partial charge in [-0.25, -0.2) is 4.90 Å². The molecule has 1 fully saturated rings. The lowest BCUT2D eigenvalue weighted by Gasteiger charge is -2.36. The van der Waals surface area contributed by atoms with Gasteiger partial charge in [0.25, 0.3) is 11.8 Å². The Morgan fingerprint density at radius 1 is 0.933 bits per heavy atom. The number of hydrogen-bond acceptors (Lipinski definition) is 5. The van der Waals surface area contributed by atoms with Crippen LogP contribution in [0.4, 0.5) is 5.69 Å². The number of hydrogen-bond donors (Lipinski definition) is 0. The fraction of sp³-hybridized carbons (Fsp3) is 0.304. The van der Waals surface area contributed by atoms with Crippen LogP contribution >= 0.6 is 11.6 Å². The number of methoxy groups -OCH3 is 1. The number of carbonyl (C=O) groups is 2. The van der Waals surface area contributed by atoms with Gasteiger partial charge < -0.3 is 14.5 Å². The minimum Gasteiger partial charge on any atom is -0.497 e. The number of imide groups is 1. The molecular formula is C23H24ClN3O3. The maximum Gasteiger partial charge on any atom is 0.282 e. The molecule has 0 bridgehead atoms. The van der Waals surface area contributed by atoms with E-state index in [1.165, 1.54) is 4.90 Å². The zero-order chi connectivity index (χ0) is 21.3. The summed E-state index contributed by atoms with van der Waals surface area (Å²) >= 11 is 6.34. The van der Waals surface area contributed by atoms with Gasteiger partial charge >= 0.3 is 0 Å². The van der Waals surface area contributed by atoms with E-state index in [1.54, 1.807) is 43.5 Å². The van der Waals surface area contributed by atoms with Crippen molar-refractivity contribution in [3.63, 3.8) is 0 Å². The highest BCUT2D eigenvalue weighted by molar-refractivity contribution is 6.47. The largest absolute Gasteiger partial charge is 0.497 e. The summed E-state index contributed by atoms with van der Waals surface area (Å²) in [6.07, 6.45) is 0. The zero-order valence-corrected chi connectivity index (χ0v) is 17.9. The molecule has 0 spiro atoms. The molecule has 0 saturated carbocycles. The Morgan fingerprint density at radius 3 is 2.20 bits per heavy atom. The molecule has 7 heteroatoms. The van der Waals surface area contributed by atoms with Gasteiger partial charge in [0.15, 0.2) is 0 Å². The van der Waals surface area contributed by atoms with Crippen LogP contribution in [0.1, 0.15) is 12.5 Å². The predicted molar refractivity (Wildman–Crippen MR) is 118 cm³/mol. The van der Waals surface area contributed by atoms with E-state index in [4.69, 9.17) is 16.3 Å². The van der Waals surface area contributed by atoms with Gasteiger partial charge in [0.2, 0.25) is 0 Å². The van der Waals surface area contributed by atoms with E-state index in [9.17, 15) is 9.59 Å². The minimum absolute atomic E-state index is 0.330. The second-order valence-electron chi connectivity index (χ2n) is 7.27. The van der Waals surface area contributed by atoms with Gasteiger partial charge in [-0.05, 0) is 36.4 Å². The highest BCUT2D eigenvalue weighted by Crippen LogP contribution is 2.38. The number of ether oxygens (including phenoxy) is 1. The van der Waals surface area contributed by atoms with Gasteiger partial charge in [-0.1, -0.05) is 42.8 Å². The second-order valence-corrected chi connectivity index (χ2v) is 7.68. The van der Waals surface area contributed by atoms with Crippen LogP contribution in [0.25, 0.3) is 5.57 Å². The number of amides is 2. The van der Waals surface area contributed by atoms with Crippen LogP contribution in [0.15, 0.2) is 54.2 Å². The summed E-state index contributed by atoms with van der Waals surface area (Å²) in [7, 11) is 1.59. The third kappa shape index (κ3) is 3.57. The van der Waals surface area contributed by atoms with Crippen LogP contribution in [0.3, 0.4) is 0 Å². The maximum absolute atomic E-state index is 13.5. The molecule has 2 aromatic rings. The molecule has 4 rings (SSSR count). The fourth-order valence-corrected chi connectivity index (χ4v) is 4.19. The standard InChI is InChI=1S/C23H24ClN3O3/c1-3-25-12-14-26(15-13-25)21-20(16-8-10-17(30-2)11-9-16)22(28)27(23(21)29)19-7-5-4-6-18(19)24/h4-11H,3,12-15H2,1-2H3. The third-order valence-electron chi connectivity index (χ3n) is 5.67. The first-order valence-electron chi connectivity index (χ1n) is 10.0. The number of para-hydroxylation sites is 1. The van der Waals surface area contributed by atoms with Crippen LogP contribution in [0.2, 0.25) is 5.02 Å². The van der Waals surface area contributed by atoms with Gasteiger partial charge in [0.1, 0.15) is 11.4 Å². The molecule has 0 atom stereocenters. The second kappa shape index (κ2) is 8.50. The molecule has 0 unspecified atom stereocenters. The first kappa shape index (κ1) is 20.4. The molecule has 0 radical (unpaired) electrons. The number of likely N-dealkylation sites (N-methyl/N-ethyl adjacent to an activating group) is 1. The average Bonchev–Trinajstić information content (AvgIpc) is 3.04. The Hall–Kier alpha value is -2.83. The molecule has 2 aliphatic rings. The summed E-state index contributed by atoms with van der Waals surface area (Å²) in [5.74, 6) is 0.00671. The van der Waals surface area contributed by atoms with Crippen LogP contribution in [-0.4, -0.2) is 61.4 Å². The van der Waals surface area contributed by atoms with E-state index < -0.39 is 0 Å². The average molecular weight is 426 g/mol. The first-order chi connectivity index (χ1) is 14.5. The van der Waals surface area contributed by atoms with Crippen molar-refractivity contribution in [2.75, 3.05) is 44.7 Å². The highest BCUT2D eigenvalue weighted by Gasteiger charge is 2.43. The zero-order valence-electron chi connectivity index (χ0n) is 17.1. The van der Waals surface area contributed by atoms with Gasteiger partial charge in [-0.3, -0.25) is 9.59 Å². The molecule has 0 aliphatic carbocycles. The van der Waals surface area contributed by atoms with E-state index in [0.29, 0.717) is 46.4 Å². The van der Waals surface area contributed by atoms with Gasteiger partial charge in [0, 0.05) is 26.2 Å². The fourth-order valence-electron chi connectivity index (χ4n) is 3.97. The monoisotopic (exact) mass is 425 g/mol. The maximum atomic E-state index is 13.5. The molecule has 2 amide bonds. The number of benzene rings is 2. The van der Waals surface area contributed by atoms with Crippen molar-refractivity contribution in [3.8, 4) is 5.75 Å². The Kier molecular flexibility index (Phi) is 5.79. The van der Waals surface area contributed by atoms with Crippen LogP contribution in [0, 0.1) is 0 Å². The molecule has 156 valence electrons. The number of piperazine rings is 1. The summed E-state index contributed by atoms with van der Waals surface area (Å²) in [5.41, 5.74) is 1.95. The highest BCUT2D eigenvalue weighted by atomic mass is 35.5. The molecule has 2 aromatic carbocycles. The third-order valence-corrected chi connectivity index (χ3v) is 5.99. The molecule has 30 heavy (non-hydrogen) atoms. The Morgan fingerprint density at radius 2 is 1.60 bits per heavy atom. The van der Waals surface area contributed by atoms with E-state index >= 15 is 0 Å². The van der Waals surface area contributed by atoms with Crippen molar-refractivity contribution >= 4 is 34.7 Å². The molecule has 0 N–H and O–H groups in total. The van der Waals surface area contributed by atoms with E-state index in [-0.39, 0.29) is 11.8 Å². The van der Waals surface area contributed by atoms with E-state index in [2.05, 4.69) is 11.8 Å². The Bertz CT molecular complexity index is 995. The number of halogens is 1. The van der Waals surface area contributed by atoms with E-state index in [0.717, 1.165) is 19.6 Å². The van der Waals surface area contributed by atoms with Gasteiger partial charge in [0.05, 0.1) is 23.4 Å². The van der Waals surface area contributed by atoms with Crippen LogP contribution in [-0.2, 0) is 9.59 Å². The van der Waals surface area contributed by atoms with Crippen molar-refractivity contribution in [1.82, 2.24) is 9.80 Å². The SMILES string of the molecule is CCN1CCN(C2=C(c3ccc(OC)cc3)C(=O)N(c3ccccc3Cl)C2=O)CC1. The molecule has 2 aliphatic heterocycles. The molecule has 1 saturated heterocycles. The molecule has 6 nitrogen and oxygen atoms in total. The lowest BCUT2D eigenvalue weighted by Crippen LogP contribution is -2.47. The number of nitrogens with zero attached hydrogens (tertiary/aromatic N) is 3. The topological polar surface area (TPSA) is 53.1 Å². The summed E-state index contributed by atoms with van der Waals surface area (Å²) in [5, 5.41) is 0.366. The lowest BCUT2D eigenvalue weighted by atomic mass is 10.0. The number of carbonyl (C=O) groups excluding carboxylic acids is 2. The molecular weight excluding hydrogens is 402 g/mol. The van der Waals surface area contributed by atoms with E-state index in [1.807, 2.05) is 17.0 Å². The van der Waals surface area contributed by atoms with Gasteiger partial charge in [-0.15, -0.1) is 0 Å². The molecule has 2 heterocycles. The first-order valence-corrected chi connectivity index (χ1v) is 10.4. The van der Waals surface area contributed by atoms with Crippen molar-refractivity contribution in [1.29, 1.82) is 0 Å². The van der Waals surface area contributed by atoms with Crippen molar-refractivity contribution in [2.24, 2.45) is 0 Å². The summed E-state index contributed by atoms with van der Waals surface area (Å²) < 4.78 is 5.24. The van der Waals surface area contributed by atoms with Crippen LogP contribution < -0.4 is 9.64 Å². The summed E-state index contributed by atoms with van der Waals surface area (Å²) in [6, 6.07) is 14.2. The Balaban J connectivity index is 1.78. The number of rotatable bonds is 5. The normalized spacial score (nSPS) is 17.8. The van der Waals surface area contributed by atoms with Gasteiger partial charge in [-0.2, -0.15) is 0 Å². The lowest BCUT2D eigenvalue weighted by molar-refractivity contribution is -0.120. The van der Waals surface area contributed by atoms with Crippen molar-refractivity contribution in [3.05, 3.63) is 64.8 Å². The predicted octanol–water partition coefficient (Wildman–Crippen LogP) is 3.27. The van der Waals surface area contributed by atoms with Crippen molar-refractivity contribution in [2.45, 2.75) is 6.92 Å². The minimum atomic E-state index is -0.355.